The number of carbonyl (C=O) groups excluding carboxylic acids is 1. The molecule has 0 fully saturated rings. The van der Waals surface area contributed by atoms with Gasteiger partial charge in [-0.15, -0.1) is 0 Å². The van der Waals surface area contributed by atoms with Crippen molar-refractivity contribution in [1.29, 1.82) is 0 Å². The summed E-state index contributed by atoms with van der Waals surface area (Å²) in [6, 6.07) is 8.37. The van der Waals surface area contributed by atoms with E-state index in [4.69, 9.17) is 11.8 Å². The Morgan fingerprint density at radius 1 is 1.31 bits per heavy atom. The smallest absolute Gasteiger partial charge is 0.164 e. The lowest BCUT2D eigenvalue weighted by Crippen LogP contribution is -2.20. The number of hydrogen-bond donors (Lipinski definition) is 1. The molecule has 1 rings (SSSR count). The van der Waals surface area contributed by atoms with Crippen LogP contribution >= 0.6 is 11.8 Å². The zero-order valence-electron chi connectivity index (χ0n) is 10.0. The predicted octanol–water partition coefficient (Wildman–Crippen LogP) is 4.16. The lowest BCUT2D eigenvalue weighted by atomic mass is 10.1. The van der Waals surface area contributed by atoms with Gasteiger partial charge in [0.2, 0.25) is 0 Å². The molecule has 0 radical (unpaired) electrons. The molecule has 4 heteroatoms. The van der Waals surface area contributed by atoms with Gasteiger partial charge in [0, 0.05) is 31.8 Å². The predicted molar refractivity (Wildman–Crippen MR) is 73.0 cm³/mol. The molecule has 0 saturated heterocycles. The number of Topliss-reactive ketones (excluding diaryl/α,β-unsaturated/α-hetero) is 1. The number of anilines is 1. The van der Waals surface area contributed by atoms with Crippen LogP contribution in [0, 0.1) is 0 Å². The number of benzene rings is 1. The van der Waals surface area contributed by atoms with Gasteiger partial charge in [0.15, 0.2) is 5.78 Å². The Balaban J connectivity index is 2.73. The minimum atomic E-state index is -1.15. The molecule has 1 aromatic rings. The highest BCUT2D eigenvalue weighted by atomic mass is 35.5. The van der Waals surface area contributed by atoms with Gasteiger partial charge in [-0.05, 0) is 12.1 Å². The van der Waals surface area contributed by atoms with E-state index in [1.165, 1.54) is 0 Å². The summed E-state index contributed by atoms with van der Waals surface area (Å²) in [7, 11) is -1.15. The van der Waals surface area contributed by atoms with Gasteiger partial charge < -0.3 is 0 Å². The summed E-state index contributed by atoms with van der Waals surface area (Å²) in [6.07, 6.45) is 0.616. The van der Waals surface area contributed by atoms with E-state index in [9.17, 15) is 4.79 Å². The molecule has 0 spiro atoms. The van der Waals surface area contributed by atoms with Gasteiger partial charge in [0.1, 0.15) is 0 Å². The summed E-state index contributed by atoms with van der Waals surface area (Å²) in [5, 5.41) is 0. The van der Waals surface area contributed by atoms with Gasteiger partial charge in [0.05, 0.1) is 5.69 Å². The monoisotopic (exact) mass is 255 g/mol. The maximum Gasteiger partial charge on any atom is 0.164 e. The van der Waals surface area contributed by atoms with Gasteiger partial charge >= 0.3 is 0 Å². The minimum absolute atomic E-state index is 0.172. The molecule has 0 atom stereocenters. The van der Waals surface area contributed by atoms with Crippen molar-refractivity contribution in [2.24, 2.45) is 0 Å². The molecule has 88 valence electrons. The molecule has 0 amide bonds. The summed E-state index contributed by atoms with van der Waals surface area (Å²) in [5.74, 6) is 0.172. The summed E-state index contributed by atoms with van der Waals surface area (Å²) in [4.78, 5) is 14.5. The molecular formula is C12H18ClNOSi. The molecule has 2 nitrogen and oxygen atoms in total. The molecule has 0 aliphatic heterocycles. The van der Waals surface area contributed by atoms with E-state index in [1.54, 1.807) is 0 Å². The fourth-order valence-corrected chi connectivity index (χ4v) is 2.57. The van der Waals surface area contributed by atoms with Crippen LogP contribution < -0.4 is 4.84 Å². The van der Waals surface area contributed by atoms with Crippen LogP contribution in [0.25, 0.3) is 0 Å². The molecule has 16 heavy (non-hydrogen) atoms. The molecule has 0 aliphatic rings. The van der Waals surface area contributed by atoms with E-state index in [-0.39, 0.29) is 5.78 Å². The van der Waals surface area contributed by atoms with Crippen LogP contribution in [-0.4, -0.2) is 13.9 Å². The highest BCUT2D eigenvalue weighted by Crippen LogP contribution is 2.20. The second-order valence-corrected chi connectivity index (χ2v) is 10.9. The fraction of sp³-hybridized carbons (Fsp3) is 0.417. The third-order valence-electron chi connectivity index (χ3n) is 2.43. The number of carbonyl (C=O) groups is 1. The van der Waals surface area contributed by atoms with E-state index < -0.39 is 8.07 Å². The molecular weight excluding hydrogens is 238 g/mol. The van der Waals surface area contributed by atoms with Crippen molar-refractivity contribution < 1.29 is 4.79 Å². The zero-order valence-corrected chi connectivity index (χ0v) is 11.8. The van der Waals surface area contributed by atoms with Gasteiger partial charge in [-0.25, -0.2) is 0 Å². The largest absolute Gasteiger partial charge is 0.298 e. The van der Waals surface area contributed by atoms with Gasteiger partial charge in [-0.2, -0.15) is 0 Å². The Morgan fingerprint density at radius 2 is 1.94 bits per heavy atom. The Hall–Kier alpha value is -0.803. The van der Waals surface area contributed by atoms with Crippen LogP contribution in [0.4, 0.5) is 5.69 Å². The lowest BCUT2D eigenvalue weighted by molar-refractivity contribution is 0.0988. The maximum atomic E-state index is 12.0. The summed E-state index contributed by atoms with van der Waals surface area (Å²) in [6.45, 7) is 6.81. The van der Waals surface area contributed by atoms with Crippen molar-refractivity contribution >= 4 is 31.3 Å². The normalized spacial score (nSPS) is 11.2. The third kappa shape index (κ3) is 3.98. The summed E-state index contributed by atoms with van der Waals surface area (Å²) >= 11 is 5.57. The highest BCUT2D eigenvalue weighted by molar-refractivity contribution is 6.76. The van der Waals surface area contributed by atoms with Crippen LogP contribution in [0.1, 0.15) is 16.8 Å². The van der Waals surface area contributed by atoms with Gasteiger partial charge in [-0.1, -0.05) is 37.8 Å². The Kier molecular flexibility index (Phi) is 4.56. The first-order valence-corrected chi connectivity index (χ1v) is 9.51. The van der Waals surface area contributed by atoms with Crippen molar-refractivity contribution in [3.8, 4) is 0 Å². The first-order valence-electron chi connectivity index (χ1n) is 5.43. The van der Waals surface area contributed by atoms with Crippen LogP contribution in [0.15, 0.2) is 24.3 Å². The van der Waals surface area contributed by atoms with E-state index in [2.05, 4.69) is 24.5 Å². The average molecular weight is 256 g/mol. The summed E-state index contributed by atoms with van der Waals surface area (Å²) in [5.41, 5.74) is 1.39. The Labute approximate surface area is 103 Å². The zero-order chi connectivity index (χ0) is 12.2. The standard InChI is InChI=1S/C12H18ClNOSi/c1-16(2,3)9-8-12(15)10-6-4-5-7-11(10)14-13/h4-7,14H,8-9H2,1-3H3. The molecule has 0 aliphatic carbocycles. The van der Waals surface area contributed by atoms with Crippen molar-refractivity contribution in [3.63, 3.8) is 0 Å². The maximum absolute atomic E-state index is 12.0. The van der Waals surface area contributed by atoms with E-state index >= 15 is 0 Å². The van der Waals surface area contributed by atoms with Crippen molar-refractivity contribution in [1.82, 2.24) is 0 Å². The topological polar surface area (TPSA) is 29.1 Å². The quantitative estimate of drug-likeness (QED) is 0.486. The molecule has 0 aromatic heterocycles. The highest BCUT2D eigenvalue weighted by Gasteiger charge is 2.17. The van der Waals surface area contributed by atoms with Crippen LogP contribution in [0.2, 0.25) is 25.7 Å². The number of hydrogen-bond acceptors (Lipinski definition) is 2. The lowest BCUT2D eigenvalue weighted by Gasteiger charge is -2.15. The SMILES string of the molecule is C[Si](C)(C)CCC(=O)c1ccccc1NCl. The molecule has 0 saturated carbocycles. The first-order chi connectivity index (χ1) is 7.44. The fourth-order valence-electron chi connectivity index (χ4n) is 1.43. The second-order valence-electron chi connectivity index (χ2n) is 5.12. The molecule has 0 bridgehead atoms. The number of para-hydroxylation sites is 1. The summed E-state index contributed by atoms with van der Waals surface area (Å²) < 4.78 is 0. The van der Waals surface area contributed by atoms with Crippen LogP contribution in [0.5, 0.6) is 0 Å². The van der Waals surface area contributed by atoms with Crippen molar-refractivity contribution in [3.05, 3.63) is 29.8 Å². The number of rotatable bonds is 5. The van der Waals surface area contributed by atoms with E-state index in [1.807, 2.05) is 24.3 Å². The van der Waals surface area contributed by atoms with Gasteiger partial charge in [0.25, 0.3) is 0 Å². The first kappa shape index (κ1) is 13.3. The number of ketones is 1. The van der Waals surface area contributed by atoms with Crippen LogP contribution in [-0.2, 0) is 0 Å². The third-order valence-corrected chi connectivity index (χ3v) is 4.38. The van der Waals surface area contributed by atoms with Gasteiger partial charge in [-0.3, -0.25) is 9.63 Å². The number of nitrogens with one attached hydrogen (secondary N) is 1. The van der Waals surface area contributed by atoms with E-state index in [0.29, 0.717) is 17.7 Å². The Bertz CT molecular complexity index is 374. The minimum Gasteiger partial charge on any atom is -0.298 e. The average Bonchev–Trinajstić information content (AvgIpc) is 2.25. The molecule has 0 heterocycles. The van der Waals surface area contributed by atoms with Crippen molar-refractivity contribution in [2.45, 2.75) is 32.1 Å². The van der Waals surface area contributed by atoms with Crippen molar-refractivity contribution in [2.75, 3.05) is 4.84 Å². The molecule has 1 N–H and O–H groups in total. The second kappa shape index (κ2) is 5.50. The molecule has 1 aromatic carbocycles. The molecule has 0 unspecified atom stereocenters. The van der Waals surface area contributed by atoms with E-state index in [0.717, 1.165) is 6.04 Å². The number of halogens is 1. The Morgan fingerprint density at radius 3 is 2.50 bits per heavy atom. The van der Waals surface area contributed by atoms with Crippen LogP contribution in [0.3, 0.4) is 0 Å².